The van der Waals surface area contributed by atoms with Gasteiger partial charge in [-0.1, -0.05) is 12.5 Å². The summed E-state index contributed by atoms with van der Waals surface area (Å²) < 4.78 is 5.85. The van der Waals surface area contributed by atoms with Crippen LogP contribution in [0.1, 0.15) is 50.3 Å². The largest absolute Gasteiger partial charge is 0.485 e. The van der Waals surface area contributed by atoms with Crippen LogP contribution in [0.5, 0.6) is 5.75 Å². The Kier molecular flexibility index (Phi) is 6.64. The summed E-state index contributed by atoms with van der Waals surface area (Å²) in [5.74, 6) is 0.426. The normalized spacial score (nSPS) is 23.6. The van der Waals surface area contributed by atoms with E-state index < -0.39 is 23.8 Å². The van der Waals surface area contributed by atoms with Gasteiger partial charge in [0.15, 0.2) is 0 Å². The lowest BCUT2D eigenvalue weighted by Gasteiger charge is -2.42. The van der Waals surface area contributed by atoms with Gasteiger partial charge in [0.25, 0.3) is 0 Å². The maximum atomic E-state index is 12.3. The minimum atomic E-state index is -1.22. The number of nitrogens with zero attached hydrogens (tertiary/aromatic N) is 1. The molecule has 1 aromatic carbocycles. The molecule has 0 spiro atoms. The molecule has 1 aromatic rings. The predicted octanol–water partition coefficient (Wildman–Crippen LogP) is 1.67. The number of piperidine rings is 1. The maximum absolute atomic E-state index is 12.3. The number of carbonyl (C=O) groups excluding carboxylic acids is 1. The van der Waals surface area contributed by atoms with Gasteiger partial charge in [0, 0.05) is 18.7 Å². The zero-order valence-corrected chi connectivity index (χ0v) is 17.1. The molecular formula is C21H31N3O5. The van der Waals surface area contributed by atoms with E-state index in [1.165, 1.54) is 19.3 Å². The molecule has 1 saturated heterocycles. The van der Waals surface area contributed by atoms with Crippen LogP contribution in [0.15, 0.2) is 18.2 Å². The molecule has 4 N–H and O–H groups in total. The highest BCUT2D eigenvalue weighted by Gasteiger charge is 2.43. The van der Waals surface area contributed by atoms with E-state index in [9.17, 15) is 14.7 Å². The Bertz CT molecular complexity index is 746. The molecule has 0 aliphatic carbocycles. The van der Waals surface area contributed by atoms with E-state index in [-0.39, 0.29) is 12.3 Å². The van der Waals surface area contributed by atoms with Crippen molar-refractivity contribution in [3.8, 4) is 5.75 Å². The Labute approximate surface area is 171 Å². The number of hydrogen-bond acceptors (Lipinski definition) is 5. The Morgan fingerprint density at radius 2 is 1.97 bits per heavy atom. The Morgan fingerprint density at radius 3 is 2.66 bits per heavy atom. The highest BCUT2D eigenvalue weighted by atomic mass is 16.5. The number of benzene rings is 1. The fourth-order valence-corrected chi connectivity index (χ4v) is 4.03. The van der Waals surface area contributed by atoms with Gasteiger partial charge in [-0.05, 0) is 57.5 Å². The van der Waals surface area contributed by atoms with Crippen molar-refractivity contribution in [3.63, 3.8) is 0 Å². The van der Waals surface area contributed by atoms with Crippen molar-refractivity contribution in [1.29, 1.82) is 0 Å². The number of hydrogen-bond donors (Lipinski definition) is 4. The van der Waals surface area contributed by atoms with Crippen molar-refractivity contribution >= 4 is 12.0 Å². The van der Waals surface area contributed by atoms with Crippen LogP contribution in [-0.4, -0.2) is 65.0 Å². The number of carbonyl (C=O) groups is 2. The van der Waals surface area contributed by atoms with Gasteiger partial charge < -0.3 is 30.5 Å². The maximum Gasteiger partial charge on any atom is 0.405 e. The van der Waals surface area contributed by atoms with Crippen molar-refractivity contribution < 1.29 is 24.5 Å². The van der Waals surface area contributed by atoms with E-state index >= 15 is 0 Å². The molecule has 0 bridgehead atoms. The number of ether oxygens (including phenoxy) is 1. The minimum Gasteiger partial charge on any atom is -0.485 e. The highest BCUT2D eigenvalue weighted by molar-refractivity contribution is 5.78. The van der Waals surface area contributed by atoms with Gasteiger partial charge in [-0.2, -0.15) is 0 Å². The first-order valence-corrected chi connectivity index (χ1v) is 10.2. The number of carboxylic acid groups (broad SMARTS) is 1. The SMILES string of the molecule is CC1(C)Oc2ccc(CC(=O)NCCN3CCCCC3)cc2[C@@H](NC(=O)O)[C@@H]1O. The summed E-state index contributed by atoms with van der Waals surface area (Å²) in [4.78, 5) is 25.9. The van der Waals surface area contributed by atoms with Crippen LogP contribution in [-0.2, 0) is 11.2 Å². The van der Waals surface area contributed by atoms with Crippen LogP contribution in [0.2, 0.25) is 0 Å². The molecule has 8 nitrogen and oxygen atoms in total. The molecule has 0 radical (unpaired) electrons. The molecule has 1 fully saturated rings. The van der Waals surface area contributed by atoms with Crippen molar-refractivity contribution in [2.75, 3.05) is 26.2 Å². The lowest BCUT2D eigenvalue weighted by atomic mass is 9.85. The van der Waals surface area contributed by atoms with Crippen LogP contribution >= 0.6 is 0 Å². The molecule has 0 aromatic heterocycles. The molecule has 29 heavy (non-hydrogen) atoms. The zero-order chi connectivity index (χ0) is 21.0. The first-order valence-electron chi connectivity index (χ1n) is 10.2. The van der Waals surface area contributed by atoms with Crippen LogP contribution in [0.3, 0.4) is 0 Å². The van der Waals surface area contributed by atoms with Gasteiger partial charge in [-0.15, -0.1) is 0 Å². The van der Waals surface area contributed by atoms with Crippen LogP contribution < -0.4 is 15.4 Å². The second-order valence-electron chi connectivity index (χ2n) is 8.38. The van der Waals surface area contributed by atoms with Crippen molar-refractivity contribution in [1.82, 2.24) is 15.5 Å². The third-order valence-electron chi connectivity index (χ3n) is 5.65. The average molecular weight is 405 g/mol. The average Bonchev–Trinajstić information content (AvgIpc) is 2.66. The molecule has 3 rings (SSSR count). The van der Waals surface area contributed by atoms with E-state index in [0.717, 1.165) is 25.2 Å². The van der Waals surface area contributed by atoms with E-state index in [1.54, 1.807) is 32.0 Å². The number of aliphatic hydroxyl groups excluding tert-OH is 1. The van der Waals surface area contributed by atoms with Crippen LogP contribution in [0.25, 0.3) is 0 Å². The summed E-state index contributed by atoms with van der Waals surface area (Å²) in [5.41, 5.74) is 0.345. The lowest BCUT2D eigenvalue weighted by molar-refractivity contribution is -0.120. The first kappa shape index (κ1) is 21.4. The summed E-state index contributed by atoms with van der Waals surface area (Å²) in [5, 5.41) is 25.1. The van der Waals surface area contributed by atoms with E-state index in [1.807, 2.05) is 0 Å². The summed E-state index contributed by atoms with van der Waals surface area (Å²) in [6.07, 6.45) is 1.64. The topological polar surface area (TPSA) is 111 Å². The predicted molar refractivity (Wildman–Crippen MR) is 108 cm³/mol. The molecule has 0 unspecified atom stereocenters. The quantitative estimate of drug-likeness (QED) is 0.573. The molecule has 2 aliphatic heterocycles. The van der Waals surface area contributed by atoms with Gasteiger partial charge >= 0.3 is 6.09 Å². The minimum absolute atomic E-state index is 0.0812. The number of rotatable bonds is 6. The molecular weight excluding hydrogens is 374 g/mol. The number of amides is 2. The third kappa shape index (κ3) is 5.39. The standard InChI is InChI=1S/C21H31N3O5/c1-21(2)19(26)18(23-20(27)28)15-12-14(6-7-16(15)29-21)13-17(25)22-8-11-24-9-4-3-5-10-24/h6-7,12,18-19,23,26H,3-5,8-11,13H2,1-2H3,(H,22,25)(H,27,28)/t18-,19+/m1/s1. The molecule has 8 heteroatoms. The van der Waals surface area contributed by atoms with E-state index in [4.69, 9.17) is 9.84 Å². The van der Waals surface area contributed by atoms with Gasteiger partial charge in [0.05, 0.1) is 12.5 Å². The lowest BCUT2D eigenvalue weighted by Crippen LogP contribution is -2.53. The van der Waals surface area contributed by atoms with Crippen molar-refractivity contribution in [2.45, 2.75) is 57.3 Å². The van der Waals surface area contributed by atoms with Crippen molar-refractivity contribution in [2.24, 2.45) is 0 Å². The molecule has 2 aliphatic rings. The Balaban J connectivity index is 1.63. The zero-order valence-electron chi connectivity index (χ0n) is 17.1. The molecule has 160 valence electrons. The van der Waals surface area contributed by atoms with E-state index in [2.05, 4.69) is 15.5 Å². The first-order chi connectivity index (χ1) is 13.8. The Hall–Kier alpha value is -2.32. The van der Waals surface area contributed by atoms with Gasteiger partial charge in [-0.3, -0.25) is 4.79 Å². The second-order valence-corrected chi connectivity index (χ2v) is 8.38. The summed E-state index contributed by atoms with van der Waals surface area (Å²) in [7, 11) is 0. The summed E-state index contributed by atoms with van der Waals surface area (Å²) in [6, 6.07) is 4.44. The molecule has 2 atom stereocenters. The van der Waals surface area contributed by atoms with Gasteiger partial charge in [0.1, 0.15) is 17.5 Å². The number of nitrogens with one attached hydrogen (secondary N) is 2. The van der Waals surface area contributed by atoms with Crippen molar-refractivity contribution in [3.05, 3.63) is 29.3 Å². The fraction of sp³-hybridized carbons (Fsp3) is 0.619. The van der Waals surface area contributed by atoms with E-state index in [0.29, 0.717) is 17.9 Å². The second kappa shape index (κ2) is 9.00. The molecule has 0 saturated carbocycles. The van der Waals surface area contributed by atoms with Crippen LogP contribution in [0.4, 0.5) is 4.79 Å². The third-order valence-corrected chi connectivity index (χ3v) is 5.65. The van der Waals surface area contributed by atoms with Gasteiger partial charge in [-0.25, -0.2) is 4.79 Å². The smallest absolute Gasteiger partial charge is 0.405 e. The number of likely N-dealkylation sites (tertiary alicyclic amines) is 1. The molecule has 2 heterocycles. The summed E-state index contributed by atoms with van der Waals surface area (Å²) in [6.45, 7) is 7.08. The number of aliphatic hydroxyl groups is 1. The monoisotopic (exact) mass is 405 g/mol. The van der Waals surface area contributed by atoms with Gasteiger partial charge in [0.2, 0.25) is 5.91 Å². The fourth-order valence-electron chi connectivity index (χ4n) is 4.03. The highest BCUT2D eigenvalue weighted by Crippen LogP contribution is 2.40. The Morgan fingerprint density at radius 1 is 1.24 bits per heavy atom. The number of fused-ring (bicyclic) bond motifs is 1. The molecule has 2 amide bonds. The van der Waals surface area contributed by atoms with Crippen LogP contribution in [0, 0.1) is 0 Å². The summed E-state index contributed by atoms with van der Waals surface area (Å²) >= 11 is 0.